The molecule has 0 radical (unpaired) electrons. The largest absolute Gasteiger partial charge is 0.465 e. The van der Waals surface area contributed by atoms with Crippen LogP contribution in [0.2, 0.25) is 0 Å². The van der Waals surface area contributed by atoms with E-state index >= 15 is 0 Å². The predicted octanol–water partition coefficient (Wildman–Crippen LogP) is 1.28. The van der Waals surface area contributed by atoms with E-state index in [4.69, 9.17) is 4.74 Å². The normalized spacial score (nSPS) is 12.8. The second kappa shape index (κ2) is 4.09. The number of carbonyl (C=O) groups is 1. The maximum atomic E-state index is 10.6. The van der Waals surface area contributed by atoms with Gasteiger partial charge in [-0.25, -0.2) is 0 Å². The summed E-state index contributed by atoms with van der Waals surface area (Å²) < 4.78 is 5.89. The molecule has 0 saturated carbocycles. The number of carbonyl (C=O) groups excluding carboxylic acids is 1. The van der Waals surface area contributed by atoms with Crippen LogP contribution in [0, 0.1) is 5.41 Å². The van der Waals surface area contributed by atoms with Gasteiger partial charge in [0.25, 0.3) is 0 Å². The molecule has 0 heterocycles. The lowest BCUT2D eigenvalue weighted by atomic mass is 9.93. The summed E-state index contributed by atoms with van der Waals surface area (Å²) in [6, 6.07) is 0. The van der Waals surface area contributed by atoms with Crippen molar-refractivity contribution in [2.45, 2.75) is 20.8 Å². The lowest BCUT2D eigenvalue weighted by Crippen LogP contribution is -2.44. The van der Waals surface area contributed by atoms with Gasteiger partial charge >= 0.3 is 5.97 Å². The molecule has 0 unspecified atom stereocenters. The van der Waals surface area contributed by atoms with Crippen LogP contribution in [-0.2, 0) is 9.53 Å². The van der Waals surface area contributed by atoms with Crippen LogP contribution < -0.4 is 0 Å². The summed E-state index contributed by atoms with van der Waals surface area (Å²) in [5.74, 6) is -0.200. The van der Waals surface area contributed by atoms with Crippen molar-refractivity contribution in [3.05, 3.63) is 0 Å². The average Bonchev–Trinajstić information content (AvgIpc) is 1.78. The number of hydrogen-bond donors (Lipinski definition) is 0. The summed E-state index contributed by atoms with van der Waals surface area (Å²) in [7, 11) is 6.40. The highest BCUT2D eigenvalue weighted by molar-refractivity contribution is 5.65. The van der Waals surface area contributed by atoms with Crippen LogP contribution in [-0.4, -0.2) is 44.7 Å². The van der Waals surface area contributed by atoms with Gasteiger partial charge in [-0.15, -0.1) is 0 Å². The molecule has 0 saturated heterocycles. The van der Waals surface area contributed by atoms with Crippen LogP contribution >= 0.6 is 0 Å². The van der Waals surface area contributed by atoms with Gasteiger partial charge in [0, 0.05) is 12.3 Å². The first kappa shape index (κ1) is 12.4. The first-order chi connectivity index (χ1) is 5.62. The highest BCUT2D eigenvalue weighted by Gasteiger charge is 2.27. The minimum Gasteiger partial charge on any atom is -0.465 e. The summed E-state index contributed by atoms with van der Waals surface area (Å²) in [4.78, 5) is 10.6. The maximum Gasteiger partial charge on any atom is 0.302 e. The van der Waals surface area contributed by atoms with Gasteiger partial charge in [0.2, 0.25) is 0 Å². The van der Waals surface area contributed by atoms with Crippen LogP contribution in [0.4, 0.5) is 0 Å². The van der Waals surface area contributed by atoms with Crippen molar-refractivity contribution in [3.8, 4) is 0 Å². The van der Waals surface area contributed by atoms with Crippen molar-refractivity contribution in [3.63, 3.8) is 0 Å². The average molecular weight is 188 g/mol. The third kappa shape index (κ3) is 7.78. The smallest absolute Gasteiger partial charge is 0.302 e. The molecular weight excluding hydrogens is 166 g/mol. The summed E-state index contributed by atoms with van der Waals surface area (Å²) in [6.07, 6.45) is 0. The predicted molar refractivity (Wildman–Crippen MR) is 53.3 cm³/mol. The van der Waals surface area contributed by atoms with Gasteiger partial charge in [0.15, 0.2) is 0 Å². The number of hydrogen-bond acceptors (Lipinski definition) is 2. The summed E-state index contributed by atoms with van der Waals surface area (Å²) in [6.45, 7) is 7.15. The molecule has 0 aromatic heterocycles. The van der Waals surface area contributed by atoms with Crippen LogP contribution in [0.3, 0.4) is 0 Å². The molecule has 0 fully saturated rings. The summed E-state index contributed by atoms with van der Waals surface area (Å²) in [5, 5.41) is 0. The molecule has 3 heteroatoms. The zero-order valence-corrected chi connectivity index (χ0v) is 9.68. The highest BCUT2D eigenvalue weighted by atomic mass is 16.5. The molecule has 78 valence electrons. The van der Waals surface area contributed by atoms with E-state index in [0.29, 0.717) is 6.61 Å². The Kier molecular flexibility index (Phi) is 3.91. The van der Waals surface area contributed by atoms with E-state index in [0.717, 1.165) is 11.0 Å². The molecular formula is C10H22NO2+. The fourth-order valence-electron chi connectivity index (χ4n) is 1.63. The molecule has 13 heavy (non-hydrogen) atoms. The third-order valence-corrected chi connectivity index (χ3v) is 1.57. The van der Waals surface area contributed by atoms with Crippen molar-refractivity contribution < 1.29 is 14.0 Å². The van der Waals surface area contributed by atoms with Crippen molar-refractivity contribution >= 4 is 5.97 Å². The van der Waals surface area contributed by atoms with Crippen LogP contribution in [0.1, 0.15) is 20.8 Å². The lowest BCUT2D eigenvalue weighted by molar-refractivity contribution is -0.877. The molecule has 0 atom stereocenters. The van der Waals surface area contributed by atoms with E-state index in [1.165, 1.54) is 6.92 Å². The second-order valence-electron chi connectivity index (χ2n) is 5.39. The highest BCUT2D eigenvalue weighted by Crippen LogP contribution is 2.18. The van der Waals surface area contributed by atoms with E-state index < -0.39 is 0 Å². The fourth-order valence-corrected chi connectivity index (χ4v) is 1.63. The Morgan fingerprint density at radius 3 is 2.08 bits per heavy atom. The number of rotatable bonds is 4. The number of nitrogens with zero attached hydrogens (tertiary/aromatic N) is 1. The van der Waals surface area contributed by atoms with Crippen molar-refractivity contribution in [2.24, 2.45) is 5.41 Å². The molecule has 0 aromatic carbocycles. The van der Waals surface area contributed by atoms with Crippen molar-refractivity contribution in [1.29, 1.82) is 0 Å². The Bertz CT molecular complexity index is 180. The van der Waals surface area contributed by atoms with Gasteiger partial charge in [0.05, 0.1) is 27.7 Å². The lowest BCUT2D eigenvalue weighted by Gasteiger charge is -2.33. The number of esters is 1. The first-order valence-electron chi connectivity index (χ1n) is 4.56. The molecule has 0 aromatic rings. The second-order valence-corrected chi connectivity index (χ2v) is 5.39. The van der Waals surface area contributed by atoms with Gasteiger partial charge < -0.3 is 9.22 Å². The molecule has 0 aliphatic carbocycles. The molecule has 0 bridgehead atoms. The van der Waals surface area contributed by atoms with Crippen molar-refractivity contribution in [2.75, 3.05) is 34.3 Å². The van der Waals surface area contributed by atoms with Crippen LogP contribution in [0.25, 0.3) is 0 Å². The van der Waals surface area contributed by atoms with E-state index in [1.54, 1.807) is 0 Å². The SMILES string of the molecule is CC(=O)OCC(C)(C)C[N+](C)(C)C. The summed E-state index contributed by atoms with van der Waals surface area (Å²) in [5.41, 5.74) is 0.0456. The topological polar surface area (TPSA) is 26.3 Å². The van der Waals surface area contributed by atoms with Gasteiger partial charge in [-0.3, -0.25) is 4.79 Å². The first-order valence-corrected chi connectivity index (χ1v) is 4.56. The van der Waals surface area contributed by atoms with Gasteiger partial charge in [-0.2, -0.15) is 0 Å². The van der Waals surface area contributed by atoms with Gasteiger partial charge in [-0.1, -0.05) is 13.8 Å². The fraction of sp³-hybridized carbons (Fsp3) is 0.900. The van der Waals surface area contributed by atoms with Gasteiger partial charge in [-0.05, 0) is 0 Å². The van der Waals surface area contributed by atoms with E-state index in [-0.39, 0.29) is 11.4 Å². The Morgan fingerprint density at radius 1 is 1.31 bits per heavy atom. The molecule has 3 nitrogen and oxygen atoms in total. The molecule has 0 aliphatic rings. The third-order valence-electron chi connectivity index (χ3n) is 1.57. The Balaban J connectivity index is 4.01. The molecule has 0 spiro atoms. The standard InChI is InChI=1S/C10H22NO2/c1-9(12)13-8-10(2,3)7-11(4,5)6/h7-8H2,1-6H3/q+1. The molecule has 0 aliphatic heterocycles. The van der Waals surface area contributed by atoms with Crippen LogP contribution in [0.5, 0.6) is 0 Å². The molecule has 0 N–H and O–H groups in total. The quantitative estimate of drug-likeness (QED) is 0.491. The number of quaternary nitrogens is 1. The van der Waals surface area contributed by atoms with Gasteiger partial charge in [0.1, 0.15) is 6.61 Å². The zero-order valence-electron chi connectivity index (χ0n) is 9.68. The monoisotopic (exact) mass is 188 g/mol. The minimum absolute atomic E-state index is 0.0456. The maximum absolute atomic E-state index is 10.6. The Morgan fingerprint density at radius 2 is 1.77 bits per heavy atom. The molecule has 0 rings (SSSR count). The minimum atomic E-state index is -0.200. The Hall–Kier alpha value is -0.570. The van der Waals surface area contributed by atoms with E-state index in [1.807, 2.05) is 0 Å². The van der Waals surface area contributed by atoms with E-state index in [2.05, 4.69) is 35.0 Å². The summed E-state index contributed by atoms with van der Waals surface area (Å²) >= 11 is 0. The Labute approximate surface area is 81.3 Å². The molecule has 0 amide bonds. The number of ether oxygens (including phenoxy) is 1. The van der Waals surface area contributed by atoms with E-state index in [9.17, 15) is 4.79 Å². The van der Waals surface area contributed by atoms with Crippen molar-refractivity contribution in [1.82, 2.24) is 0 Å². The van der Waals surface area contributed by atoms with Crippen LogP contribution in [0.15, 0.2) is 0 Å². The zero-order chi connectivity index (χ0) is 10.7.